The first-order chi connectivity index (χ1) is 13.3. The van der Waals surface area contributed by atoms with Gasteiger partial charge in [0, 0.05) is 30.9 Å². The molecule has 27 heavy (non-hydrogen) atoms. The van der Waals surface area contributed by atoms with Crippen LogP contribution in [-0.2, 0) is 17.6 Å². The predicted molar refractivity (Wildman–Crippen MR) is 107 cm³/mol. The second-order valence-electron chi connectivity index (χ2n) is 7.80. The molecule has 1 aliphatic carbocycles. The van der Waals surface area contributed by atoms with Crippen LogP contribution < -0.4 is 9.64 Å². The van der Waals surface area contributed by atoms with Crippen LogP contribution in [0, 0.1) is 11.8 Å². The number of carbonyl (C=O) groups excluding carboxylic acids is 1. The van der Waals surface area contributed by atoms with Crippen molar-refractivity contribution in [2.45, 2.75) is 44.9 Å². The molecule has 0 N–H and O–H groups in total. The molecule has 4 rings (SSSR count). The third kappa shape index (κ3) is 3.85. The summed E-state index contributed by atoms with van der Waals surface area (Å²) in [5.41, 5.74) is 3.45. The molecular formula is C23H28N2O2. The van der Waals surface area contributed by atoms with Crippen molar-refractivity contribution in [3.05, 3.63) is 53.9 Å². The Morgan fingerprint density at radius 2 is 2.11 bits per heavy atom. The SMILES string of the molecule is COc1ccc2c(c1)N(C(=O)C(Cc1cccnc1)C1CCCC1)CCC2. The summed E-state index contributed by atoms with van der Waals surface area (Å²) in [5, 5.41) is 0. The lowest BCUT2D eigenvalue weighted by molar-refractivity contribution is -0.124. The third-order valence-electron chi connectivity index (χ3n) is 6.14. The lowest BCUT2D eigenvalue weighted by Gasteiger charge is -2.34. The van der Waals surface area contributed by atoms with Crippen molar-refractivity contribution in [3.8, 4) is 5.75 Å². The number of methoxy groups -OCH3 is 1. The van der Waals surface area contributed by atoms with Crippen LogP contribution in [0.3, 0.4) is 0 Å². The summed E-state index contributed by atoms with van der Waals surface area (Å²) in [7, 11) is 1.68. The van der Waals surface area contributed by atoms with E-state index >= 15 is 0 Å². The minimum absolute atomic E-state index is 0.0360. The molecule has 0 bridgehead atoms. The van der Waals surface area contributed by atoms with Crippen molar-refractivity contribution in [3.63, 3.8) is 0 Å². The minimum atomic E-state index is 0.0360. The Balaban J connectivity index is 1.64. The summed E-state index contributed by atoms with van der Waals surface area (Å²) < 4.78 is 5.42. The number of ether oxygens (including phenoxy) is 1. The number of aromatic nitrogens is 1. The standard InChI is InChI=1S/C23H28N2O2/c1-27-20-11-10-19-9-5-13-25(22(19)15-20)23(26)21(18-7-2-3-8-18)14-17-6-4-12-24-16-17/h4,6,10-12,15-16,18,21H,2-3,5,7-9,13-14H2,1H3. The zero-order chi connectivity index (χ0) is 18.6. The highest BCUT2D eigenvalue weighted by Gasteiger charge is 2.35. The minimum Gasteiger partial charge on any atom is -0.497 e. The number of anilines is 1. The quantitative estimate of drug-likeness (QED) is 0.789. The van der Waals surface area contributed by atoms with Crippen molar-refractivity contribution in [2.75, 3.05) is 18.6 Å². The van der Waals surface area contributed by atoms with Crippen LogP contribution in [0.15, 0.2) is 42.7 Å². The summed E-state index contributed by atoms with van der Waals surface area (Å²) >= 11 is 0. The van der Waals surface area contributed by atoms with Crippen molar-refractivity contribution >= 4 is 11.6 Å². The Kier molecular flexibility index (Phi) is 5.42. The van der Waals surface area contributed by atoms with Gasteiger partial charge in [0.25, 0.3) is 0 Å². The maximum absolute atomic E-state index is 13.7. The molecule has 0 radical (unpaired) electrons. The molecule has 1 aromatic carbocycles. The van der Waals surface area contributed by atoms with Gasteiger partial charge in [-0.25, -0.2) is 0 Å². The van der Waals surface area contributed by atoms with Crippen molar-refractivity contribution in [1.29, 1.82) is 0 Å². The van der Waals surface area contributed by atoms with Gasteiger partial charge in [-0.15, -0.1) is 0 Å². The number of benzene rings is 1. The molecule has 2 aromatic rings. The van der Waals surface area contributed by atoms with Crippen LogP contribution in [-0.4, -0.2) is 24.5 Å². The maximum atomic E-state index is 13.7. The van der Waals surface area contributed by atoms with Crippen molar-refractivity contribution < 1.29 is 9.53 Å². The molecular weight excluding hydrogens is 336 g/mol. The van der Waals surface area contributed by atoms with E-state index in [2.05, 4.69) is 17.1 Å². The summed E-state index contributed by atoms with van der Waals surface area (Å²) in [6, 6.07) is 10.2. The lowest BCUT2D eigenvalue weighted by Crippen LogP contribution is -2.42. The fraction of sp³-hybridized carbons (Fsp3) is 0.478. The molecule has 142 valence electrons. The van der Waals surface area contributed by atoms with Gasteiger partial charge in [0.2, 0.25) is 5.91 Å². The first-order valence-corrected chi connectivity index (χ1v) is 10.1. The summed E-state index contributed by atoms with van der Waals surface area (Å²) in [4.78, 5) is 20.0. The summed E-state index contributed by atoms with van der Waals surface area (Å²) in [6.45, 7) is 0.801. The molecule has 2 heterocycles. The molecule has 4 nitrogen and oxygen atoms in total. The van der Waals surface area contributed by atoms with Crippen LogP contribution in [0.1, 0.15) is 43.2 Å². The van der Waals surface area contributed by atoms with Gasteiger partial charge in [-0.05, 0) is 61.3 Å². The number of carbonyl (C=O) groups is 1. The molecule has 1 atom stereocenters. The topological polar surface area (TPSA) is 42.4 Å². The van der Waals surface area contributed by atoms with E-state index in [9.17, 15) is 4.79 Å². The lowest BCUT2D eigenvalue weighted by atomic mass is 9.84. The number of rotatable bonds is 5. The van der Waals surface area contributed by atoms with Gasteiger partial charge in [-0.2, -0.15) is 0 Å². The third-order valence-corrected chi connectivity index (χ3v) is 6.14. The van der Waals surface area contributed by atoms with E-state index in [0.29, 0.717) is 5.92 Å². The molecule has 0 spiro atoms. The van der Waals surface area contributed by atoms with E-state index in [1.165, 1.54) is 18.4 Å². The van der Waals surface area contributed by atoms with Crippen LogP contribution >= 0.6 is 0 Å². The highest BCUT2D eigenvalue weighted by atomic mass is 16.5. The maximum Gasteiger partial charge on any atom is 0.230 e. The van der Waals surface area contributed by atoms with Gasteiger partial charge in [-0.1, -0.05) is 25.0 Å². The van der Waals surface area contributed by atoms with Crippen LogP contribution in [0.25, 0.3) is 0 Å². The van der Waals surface area contributed by atoms with E-state index in [1.54, 1.807) is 13.3 Å². The Hall–Kier alpha value is -2.36. The number of nitrogens with zero attached hydrogens (tertiary/aromatic N) is 2. The smallest absolute Gasteiger partial charge is 0.230 e. The Morgan fingerprint density at radius 1 is 1.26 bits per heavy atom. The van der Waals surface area contributed by atoms with E-state index in [1.807, 2.05) is 29.3 Å². The number of amides is 1. The molecule has 2 aliphatic rings. The number of fused-ring (bicyclic) bond motifs is 1. The fourth-order valence-electron chi connectivity index (χ4n) is 4.70. The van der Waals surface area contributed by atoms with E-state index < -0.39 is 0 Å². The molecule has 0 saturated heterocycles. The first kappa shape index (κ1) is 18.0. The van der Waals surface area contributed by atoms with Crippen molar-refractivity contribution in [1.82, 2.24) is 4.98 Å². The van der Waals surface area contributed by atoms with E-state index in [-0.39, 0.29) is 11.8 Å². The normalized spacial score (nSPS) is 18.2. The molecule has 1 aromatic heterocycles. The molecule has 4 heteroatoms. The predicted octanol–water partition coefficient (Wildman–Crippen LogP) is 4.42. The average molecular weight is 364 g/mol. The van der Waals surface area contributed by atoms with Gasteiger partial charge >= 0.3 is 0 Å². The number of hydrogen-bond acceptors (Lipinski definition) is 3. The number of hydrogen-bond donors (Lipinski definition) is 0. The second kappa shape index (κ2) is 8.12. The Labute approximate surface area is 161 Å². The van der Waals surface area contributed by atoms with Gasteiger partial charge in [0.1, 0.15) is 5.75 Å². The molecule has 1 amide bonds. The van der Waals surface area contributed by atoms with E-state index in [0.717, 1.165) is 55.6 Å². The number of aryl methyl sites for hydroxylation is 1. The highest BCUT2D eigenvalue weighted by Crippen LogP contribution is 2.37. The van der Waals surface area contributed by atoms with Crippen LogP contribution in [0.2, 0.25) is 0 Å². The van der Waals surface area contributed by atoms with Gasteiger partial charge in [0.05, 0.1) is 12.8 Å². The average Bonchev–Trinajstić information content (AvgIpc) is 3.26. The Morgan fingerprint density at radius 3 is 2.85 bits per heavy atom. The van der Waals surface area contributed by atoms with Gasteiger partial charge < -0.3 is 9.64 Å². The fourth-order valence-corrected chi connectivity index (χ4v) is 4.70. The molecule has 1 aliphatic heterocycles. The zero-order valence-corrected chi connectivity index (χ0v) is 16.1. The summed E-state index contributed by atoms with van der Waals surface area (Å²) in [5.74, 6) is 1.61. The largest absolute Gasteiger partial charge is 0.497 e. The monoisotopic (exact) mass is 364 g/mol. The highest BCUT2D eigenvalue weighted by molar-refractivity contribution is 5.96. The van der Waals surface area contributed by atoms with E-state index in [4.69, 9.17) is 4.74 Å². The van der Waals surface area contributed by atoms with Crippen molar-refractivity contribution in [2.24, 2.45) is 11.8 Å². The summed E-state index contributed by atoms with van der Waals surface area (Å²) in [6.07, 6.45) is 11.3. The Bertz CT molecular complexity index is 784. The molecule has 1 saturated carbocycles. The number of pyridine rings is 1. The second-order valence-corrected chi connectivity index (χ2v) is 7.80. The first-order valence-electron chi connectivity index (χ1n) is 10.1. The van der Waals surface area contributed by atoms with Gasteiger partial charge in [-0.3, -0.25) is 9.78 Å². The van der Waals surface area contributed by atoms with Gasteiger partial charge in [0.15, 0.2) is 0 Å². The zero-order valence-electron chi connectivity index (χ0n) is 16.1. The molecule has 1 fully saturated rings. The molecule has 1 unspecified atom stereocenters. The van der Waals surface area contributed by atoms with Crippen LogP contribution in [0.5, 0.6) is 5.75 Å². The van der Waals surface area contributed by atoms with Crippen LogP contribution in [0.4, 0.5) is 5.69 Å².